The minimum Gasteiger partial charge on any atom is -0.507 e. The molecule has 326 valence electrons. The van der Waals surface area contributed by atoms with Crippen molar-refractivity contribution in [2.75, 3.05) is 26.2 Å². The maximum absolute atomic E-state index is 12.1. The van der Waals surface area contributed by atoms with Crippen LogP contribution in [0.4, 0.5) is 9.59 Å². The quantitative estimate of drug-likeness (QED) is 0.128. The number of hydrogen-bond donors (Lipinski definition) is 4. The van der Waals surface area contributed by atoms with Gasteiger partial charge in [0.25, 0.3) is 0 Å². The summed E-state index contributed by atoms with van der Waals surface area (Å²) in [5, 5.41) is 40.3. The Morgan fingerprint density at radius 1 is 0.517 bits per heavy atom. The lowest BCUT2D eigenvalue weighted by atomic mass is 9.94. The molecule has 4 aromatic carbocycles. The predicted molar refractivity (Wildman–Crippen MR) is 243 cm³/mol. The molecule has 2 fully saturated rings. The Morgan fingerprint density at radius 3 is 1.08 bits per heavy atom. The van der Waals surface area contributed by atoms with E-state index in [4.69, 9.17) is 0 Å². The Labute approximate surface area is 356 Å². The first kappa shape index (κ1) is 51.7. The summed E-state index contributed by atoms with van der Waals surface area (Å²) in [6.45, 7) is 30.1. The molecule has 12 heteroatoms. The van der Waals surface area contributed by atoms with Crippen LogP contribution in [0.25, 0.3) is 21.5 Å². The van der Waals surface area contributed by atoms with Crippen LogP contribution in [0.15, 0.2) is 111 Å². The van der Waals surface area contributed by atoms with Gasteiger partial charge in [0, 0.05) is 58.8 Å². The van der Waals surface area contributed by atoms with Crippen LogP contribution >= 0.6 is 0 Å². The van der Waals surface area contributed by atoms with Gasteiger partial charge in [-0.25, -0.2) is 9.59 Å². The zero-order valence-corrected chi connectivity index (χ0v) is 36.9. The number of rotatable bonds is 8. The minimum absolute atomic E-state index is 0.0721. The third-order valence-electron chi connectivity index (χ3n) is 9.29. The molecule has 60 heavy (non-hydrogen) atoms. The lowest BCUT2D eigenvalue weighted by molar-refractivity contribution is -0.135. The van der Waals surface area contributed by atoms with Crippen LogP contribution in [-0.4, -0.2) is 101 Å². The van der Waals surface area contributed by atoms with Gasteiger partial charge in [0.15, 0.2) is 0 Å². The van der Waals surface area contributed by atoms with Gasteiger partial charge in [-0.1, -0.05) is 101 Å². The van der Waals surface area contributed by atoms with Gasteiger partial charge in [-0.2, -0.15) is 0 Å². The van der Waals surface area contributed by atoms with Gasteiger partial charge in [0.2, 0.25) is 11.8 Å². The molecule has 4 aromatic rings. The molecular weight excluding hydrogens is 761 g/mol. The molecule has 0 aromatic heterocycles. The Bertz CT molecular complexity index is 1910. The Morgan fingerprint density at radius 2 is 0.800 bits per heavy atom. The number of nitrogens with zero attached hydrogens (tertiary/aromatic N) is 4. The van der Waals surface area contributed by atoms with Crippen LogP contribution in [0.5, 0.6) is 23.0 Å². The molecule has 0 spiro atoms. The minimum atomic E-state index is -0.444. The molecule has 0 bridgehead atoms. The van der Waals surface area contributed by atoms with E-state index in [9.17, 15) is 39.6 Å². The summed E-state index contributed by atoms with van der Waals surface area (Å²) < 4.78 is 0. The Balaban J connectivity index is 0.000000391. The fourth-order valence-corrected chi connectivity index (χ4v) is 6.36. The average molecular weight is 827 g/mol. The summed E-state index contributed by atoms with van der Waals surface area (Å²) in [5.41, 5.74) is -0.855. The maximum Gasteiger partial charge on any atom is 0.327 e. The fourth-order valence-electron chi connectivity index (χ4n) is 6.36. The lowest BCUT2D eigenvalue weighted by Gasteiger charge is -2.45. The number of carbonyl (C=O) groups excluding carboxylic acids is 4. The number of hydrogen-bond acceptors (Lipinski definition) is 8. The third-order valence-corrected chi connectivity index (χ3v) is 9.29. The zero-order valence-electron chi connectivity index (χ0n) is 36.9. The van der Waals surface area contributed by atoms with Gasteiger partial charge in [0.1, 0.15) is 23.0 Å². The third kappa shape index (κ3) is 13.4. The standard InChI is InChI=1S/C12H20N2O2.C12H18N2O2.2C10H8O2.2C2H6/c2*1-5-7-13-10(15)9-12(3,4)14(8-6-2)11(13)16;2*11-9-5-1-3-7-8(9)4-2-6-10(7)12;2*1-2/h6H,2,5,7-9H2,1,3-4H3;5-6H,1-2,7-9H2,3-4H3;2*1-6,11-12H;2*1-2H3. The SMILES string of the molecule is C=CCN1C(=O)CC(C)(C)N(CC=C)C1=O.C=CCN1C(=O)N(CCC)C(=O)CC1(C)C.CC.CC.Oc1cccc2c(O)cccc12.Oc1cccc2c(O)cccc12. The second-order valence-corrected chi connectivity index (χ2v) is 14.5. The summed E-state index contributed by atoms with van der Waals surface area (Å²) in [6, 6.07) is 19.8. The van der Waals surface area contributed by atoms with Crippen LogP contribution in [0.3, 0.4) is 0 Å². The van der Waals surface area contributed by atoms with Gasteiger partial charge in [-0.3, -0.25) is 19.4 Å². The van der Waals surface area contributed by atoms with Crippen molar-refractivity contribution in [1.29, 1.82) is 0 Å². The van der Waals surface area contributed by atoms with Crippen LogP contribution in [-0.2, 0) is 9.59 Å². The summed E-state index contributed by atoms with van der Waals surface area (Å²) in [7, 11) is 0. The summed E-state index contributed by atoms with van der Waals surface area (Å²) in [4.78, 5) is 53.7. The first-order valence-corrected chi connectivity index (χ1v) is 20.3. The van der Waals surface area contributed by atoms with Crippen molar-refractivity contribution < 1.29 is 39.6 Å². The van der Waals surface area contributed by atoms with E-state index >= 15 is 0 Å². The highest BCUT2D eigenvalue weighted by atomic mass is 16.3. The highest BCUT2D eigenvalue weighted by Gasteiger charge is 2.43. The van der Waals surface area contributed by atoms with Gasteiger partial charge in [-0.15, -0.1) is 19.7 Å². The molecule has 2 heterocycles. The molecule has 0 radical (unpaired) electrons. The van der Waals surface area contributed by atoms with Crippen LogP contribution in [0, 0.1) is 0 Å². The molecule has 0 saturated carbocycles. The molecule has 6 amide bonds. The number of phenolic OH excluding ortho intramolecular Hbond substituents is 4. The number of amides is 6. The van der Waals surface area contributed by atoms with E-state index < -0.39 is 11.1 Å². The molecule has 0 aliphatic carbocycles. The van der Waals surface area contributed by atoms with E-state index in [0.717, 1.165) is 6.42 Å². The van der Waals surface area contributed by atoms with Crippen molar-refractivity contribution in [3.8, 4) is 23.0 Å². The normalized spacial score (nSPS) is 15.0. The number of fused-ring (bicyclic) bond motifs is 2. The van der Waals surface area contributed by atoms with Gasteiger partial charge < -0.3 is 30.2 Å². The van der Waals surface area contributed by atoms with E-state index in [1.54, 1.807) is 101 Å². The summed E-state index contributed by atoms with van der Waals surface area (Å²) in [6.07, 6.45) is 6.42. The van der Waals surface area contributed by atoms with E-state index in [-0.39, 0.29) is 53.4 Å². The summed E-state index contributed by atoms with van der Waals surface area (Å²) in [5.74, 6) is 0.575. The smallest absolute Gasteiger partial charge is 0.327 e. The molecule has 4 N–H and O–H groups in total. The molecule has 0 unspecified atom stereocenters. The topological polar surface area (TPSA) is 162 Å². The van der Waals surface area contributed by atoms with Gasteiger partial charge in [0.05, 0.1) is 12.8 Å². The molecule has 12 nitrogen and oxygen atoms in total. The number of phenols is 4. The predicted octanol–water partition coefficient (Wildman–Crippen LogP) is 10.4. The molecule has 2 saturated heterocycles. The monoisotopic (exact) mass is 826 g/mol. The van der Waals surface area contributed by atoms with E-state index in [1.807, 2.05) is 62.3 Å². The Kier molecular flexibility index (Phi) is 21.2. The lowest BCUT2D eigenvalue weighted by Crippen LogP contribution is -2.61. The van der Waals surface area contributed by atoms with E-state index in [0.29, 0.717) is 54.0 Å². The maximum atomic E-state index is 12.1. The Hall–Kier alpha value is -6.30. The van der Waals surface area contributed by atoms with Crippen molar-refractivity contribution in [2.24, 2.45) is 0 Å². The first-order chi connectivity index (χ1) is 28.4. The van der Waals surface area contributed by atoms with E-state index in [2.05, 4.69) is 19.7 Å². The number of benzene rings is 4. The van der Waals surface area contributed by atoms with Crippen molar-refractivity contribution in [2.45, 2.75) is 92.7 Å². The number of aromatic hydroxyl groups is 4. The molecule has 2 aliphatic rings. The van der Waals surface area contributed by atoms with Crippen molar-refractivity contribution in [3.05, 3.63) is 111 Å². The van der Waals surface area contributed by atoms with Crippen LogP contribution in [0.1, 0.15) is 81.6 Å². The van der Waals surface area contributed by atoms with Crippen molar-refractivity contribution in [3.63, 3.8) is 0 Å². The zero-order chi connectivity index (χ0) is 45.8. The van der Waals surface area contributed by atoms with Gasteiger partial charge in [-0.05, 0) is 58.4 Å². The summed E-state index contributed by atoms with van der Waals surface area (Å²) >= 11 is 0. The van der Waals surface area contributed by atoms with Gasteiger partial charge >= 0.3 is 12.1 Å². The second kappa shape index (κ2) is 24.6. The molecule has 0 atom stereocenters. The molecular formula is C48H66N4O8. The average Bonchev–Trinajstić information content (AvgIpc) is 3.21. The van der Waals surface area contributed by atoms with Crippen LogP contribution < -0.4 is 0 Å². The van der Waals surface area contributed by atoms with Crippen molar-refractivity contribution >= 4 is 45.4 Å². The van der Waals surface area contributed by atoms with Crippen molar-refractivity contribution in [1.82, 2.24) is 19.6 Å². The van der Waals surface area contributed by atoms with E-state index in [1.165, 1.54) is 9.80 Å². The highest BCUT2D eigenvalue weighted by Crippen LogP contribution is 2.32. The molecule has 2 aliphatic heterocycles. The number of carbonyl (C=O) groups is 4. The fraction of sp³-hybridized carbons (Fsp3) is 0.375. The van der Waals surface area contributed by atoms with Crippen LogP contribution in [0.2, 0.25) is 0 Å². The molecule has 6 rings (SSSR count). The number of imide groups is 2. The highest BCUT2D eigenvalue weighted by molar-refractivity contribution is 5.99. The number of urea groups is 2. The largest absolute Gasteiger partial charge is 0.507 e. The second-order valence-electron chi connectivity index (χ2n) is 14.5. The first-order valence-electron chi connectivity index (χ1n) is 20.3.